The minimum atomic E-state index is -0.421. The Morgan fingerprint density at radius 1 is 1.23 bits per heavy atom. The van der Waals surface area contributed by atoms with Gasteiger partial charge in [0.05, 0.1) is 10.6 Å². The SMILES string of the molecule is CCn1cc(CNC(=O)c2cccc(COc3ccc([N+](=O)[O-])c(C)c3)c2)c(C)n1. The summed E-state index contributed by atoms with van der Waals surface area (Å²) < 4.78 is 7.58. The van der Waals surface area contributed by atoms with Gasteiger partial charge in [0, 0.05) is 42.0 Å². The van der Waals surface area contributed by atoms with Crippen LogP contribution in [0.25, 0.3) is 0 Å². The summed E-state index contributed by atoms with van der Waals surface area (Å²) in [6.07, 6.45) is 1.94. The lowest BCUT2D eigenvalue weighted by Gasteiger charge is -2.09. The maximum atomic E-state index is 12.5. The Balaban J connectivity index is 1.61. The summed E-state index contributed by atoms with van der Waals surface area (Å²) in [5.74, 6) is 0.364. The van der Waals surface area contributed by atoms with E-state index in [0.717, 1.165) is 23.4 Å². The van der Waals surface area contributed by atoms with Crippen LogP contribution in [0.5, 0.6) is 5.75 Å². The van der Waals surface area contributed by atoms with Gasteiger partial charge in [-0.1, -0.05) is 12.1 Å². The number of aryl methyl sites for hydroxylation is 3. The molecule has 0 spiro atoms. The van der Waals surface area contributed by atoms with E-state index in [0.29, 0.717) is 23.4 Å². The first-order valence-electron chi connectivity index (χ1n) is 9.65. The number of nitrogens with one attached hydrogen (secondary N) is 1. The highest BCUT2D eigenvalue weighted by Crippen LogP contribution is 2.23. The molecule has 0 saturated heterocycles. The molecule has 0 bridgehead atoms. The Hall–Kier alpha value is -3.68. The fourth-order valence-electron chi connectivity index (χ4n) is 3.06. The number of hydrogen-bond donors (Lipinski definition) is 1. The third kappa shape index (κ3) is 5.02. The summed E-state index contributed by atoms with van der Waals surface area (Å²) >= 11 is 0. The van der Waals surface area contributed by atoms with E-state index in [2.05, 4.69) is 10.4 Å². The number of aromatic nitrogens is 2. The molecule has 8 nitrogen and oxygen atoms in total. The number of carbonyl (C=O) groups is 1. The molecule has 1 N–H and O–H groups in total. The number of nitrogens with zero attached hydrogens (tertiary/aromatic N) is 3. The molecule has 156 valence electrons. The topological polar surface area (TPSA) is 99.3 Å². The Morgan fingerprint density at radius 3 is 2.70 bits per heavy atom. The smallest absolute Gasteiger partial charge is 0.272 e. The normalized spacial score (nSPS) is 10.6. The maximum absolute atomic E-state index is 12.5. The van der Waals surface area contributed by atoms with Crippen LogP contribution in [0.15, 0.2) is 48.7 Å². The third-order valence-corrected chi connectivity index (χ3v) is 4.77. The summed E-state index contributed by atoms with van der Waals surface area (Å²) in [7, 11) is 0. The second kappa shape index (κ2) is 9.21. The lowest BCUT2D eigenvalue weighted by atomic mass is 10.1. The minimum Gasteiger partial charge on any atom is -0.489 e. The van der Waals surface area contributed by atoms with E-state index in [4.69, 9.17) is 4.74 Å². The molecule has 0 radical (unpaired) electrons. The van der Waals surface area contributed by atoms with Gasteiger partial charge in [-0.3, -0.25) is 19.6 Å². The molecule has 0 fully saturated rings. The first-order chi connectivity index (χ1) is 14.4. The fourth-order valence-corrected chi connectivity index (χ4v) is 3.06. The third-order valence-electron chi connectivity index (χ3n) is 4.77. The molecule has 1 amide bonds. The molecule has 0 aliphatic carbocycles. The van der Waals surface area contributed by atoms with E-state index in [9.17, 15) is 14.9 Å². The molecule has 2 aromatic carbocycles. The number of carbonyl (C=O) groups excluding carboxylic acids is 1. The average molecular weight is 408 g/mol. The van der Waals surface area contributed by atoms with Crippen LogP contribution in [0.2, 0.25) is 0 Å². The predicted molar refractivity (Wildman–Crippen MR) is 112 cm³/mol. The van der Waals surface area contributed by atoms with Crippen molar-refractivity contribution >= 4 is 11.6 Å². The average Bonchev–Trinajstić information content (AvgIpc) is 3.10. The van der Waals surface area contributed by atoms with Crippen molar-refractivity contribution in [2.75, 3.05) is 0 Å². The second-order valence-electron chi connectivity index (χ2n) is 6.97. The van der Waals surface area contributed by atoms with Crippen molar-refractivity contribution in [2.45, 2.75) is 40.5 Å². The van der Waals surface area contributed by atoms with Gasteiger partial charge in [-0.2, -0.15) is 5.10 Å². The van der Waals surface area contributed by atoms with Gasteiger partial charge in [-0.15, -0.1) is 0 Å². The molecule has 8 heteroatoms. The van der Waals surface area contributed by atoms with Crippen molar-refractivity contribution in [3.05, 3.63) is 86.7 Å². The molecular formula is C22H24N4O4. The summed E-state index contributed by atoms with van der Waals surface area (Å²) in [5, 5.41) is 18.2. The highest BCUT2D eigenvalue weighted by molar-refractivity contribution is 5.94. The molecule has 3 rings (SSSR count). The van der Waals surface area contributed by atoms with Gasteiger partial charge in [0.15, 0.2) is 0 Å². The van der Waals surface area contributed by atoms with Gasteiger partial charge < -0.3 is 10.1 Å². The van der Waals surface area contributed by atoms with Crippen molar-refractivity contribution in [1.29, 1.82) is 0 Å². The van der Waals surface area contributed by atoms with Crippen molar-refractivity contribution in [3.63, 3.8) is 0 Å². The first-order valence-corrected chi connectivity index (χ1v) is 9.65. The summed E-state index contributed by atoms with van der Waals surface area (Å²) in [5.41, 5.74) is 3.84. The number of nitro benzene ring substituents is 1. The van der Waals surface area contributed by atoms with Crippen molar-refractivity contribution < 1.29 is 14.5 Å². The molecule has 0 atom stereocenters. The molecule has 0 saturated carbocycles. The molecule has 30 heavy (non-hydrogen) atoms. The zero-order valence-corrected chi connectivity index (χ0v) is 17.2. The van der Waals surface area contributed by atoms with Crippen molar-refractivity contribution in [2.24, 2.45) is 0 Å². The molecule has 0 aliphatic rings. The summed E-state index contributed by atoms with van der Waals surface area (Å²) in [4.78, 5) is 23.0. The van der Waals surface area contributed by atoms with Crippen LogP contribution in [0.1, 0.15) is 39.7 Å². The molecule has 0 aliphatic heterocycles. The number of rotatable bonds is 8. The Bertz CT molecular complexity index is 1070. The number of hydrogen-bond acceptors (Lipinski definition) is 5. The highest BCUT2D eigenvalue weighted by atomic mass is 16.6. The lowest BCUT2D eigenvalue weighted by Crippen LogP contribution is -2.23. The fraction of sp³-hybridized carbons (Fsp3) is 0.273. The van der Waals surface area contributed by atoms with Gasteiger partial charge in [0.1, 0.15) is 12.4 Å². The van der Waals surface area contributed by atoms with E-state index in [1.807, 2.05) is 30.8 Å². The van der Waals surface area contributed by atoms with Crippen LogP contribution in [0.3, 0.4) is 0 Å². The van der Waals surface area contributed by atoms with E-state index < -0.39 is 4.92 Å². The Morgan fingerprint density at radius 2 is 2.03 bits per heavy atom. The van der Waals surface area contributed by atoms with Gasteiger partial charge >= 0.3 is 0 Å². The highest BCUT2D eigenvalue weighted by Gasteiger charge is 2.12. The largest absolute Gasteiger partial charge is 0.489 e. The van der Waals surface area contributed by atoms with E-state index >= 15 is 0 Å². The van der Waals surface area contributed by atoms with Crippen LogP contribution >= 0.6 is 0 Å². The standard InChI is InChI=1S/C22H24N4O4/c1-4-25-13-19(16(3)24-25)12-23-22(27)18-7-5-6-17(11-18)14-30-20-8-9-21(26(28)29)15(2)10-20/h5-11,13H,4,12,14H2,1-3H3,(H,23,27). The quantitative estimate of drug-likeness (QED) is 0.450. The second-order valence-corrected chi connectivity index (χ2v) is 6.97. The van der Waals surface area contributed by atoms with Crippen molar-refractivity contribution in [3.8, 4) is 5.75 Å². The molecule has 0 unspecified atom stereocenters. The Labute approximate surface area is 174 Å². The molecule has 1 aromatic heterocycles. The predicted octanol–water partition coefficient (Wildman–Crippen LogP) is 3.94. The Kier molecular flexibility index (Phi) is 6.46. The van der Waals surface area contributed by atoms with Gasteiger partial charge in [-0.25, -0.2) is 0 Å². The van der Waals surface area contributed by atoms with Gasteiger partial charge in [0.25, 0.3) is 11.6 Å². The van der Waals surface area contributed by atoms with Crippen LogP contribution < -0.4 is 10.1 Å². The van der Waals surface area contributed by atoms with Crippen LogP contribution in [-0.4, -0.2) is 20.6 Å². The van der Waals surface area contributed by atoms with Gasteiger partial charge in [-0.05, 0) is 50.6 Å². The van der Waals surface area contributed by atoms with Gasteiger partial charge in [0.2, 0.25) is 0 Å². The zero-order chi connectivity index (χ0) is 21.7. The minimum absolute atomic E-state index is 0.0562. The van der Waals surface area contributed by atoms with Crippen LogP contribution in [0.4, 0.5) is 5.69 Å². The maximum Gasteiger partial charge on any atom is 0.272 e. The zero-order valence-electron chi connectivity index (χ0n) is 17.2. The van der Waals surface area contributed by atoms with Crippen LogP contribution in [-0.2, 0) is 19.7 Å². The number of nitro groups is 1. The van der Waals surface area contributed by atoms with E-state index in [1.54, 1.807) is 37.3 Å². The number of benzene rings is 2. The van der Waals surface area contributed by atoms with Crippen molar-refractivity contribution in [1.82, 2.24) is 15.1 Å². The monoisotopic (exact) mass is 408 g/mol. The van der Waals surface area contributed by atoms with E-state index in [-0.39, 0.29) is 18.2 Å². The van der Waals surface area contributed by atoms with Crippen LogP contribution in [0, 0.1) is 24.0 Å². The lowest BCUT2D eigenvalue weighted by molar-refractivity contribution is -0.385. The van der Waals surface area contributed by atoms with E-state index in [1.165, 1.54) is 6.07 Å². The molecule has 1 heterocycles. The summed E-state index contributed by atoms with van der Waals surface area (Å²) in [6, 6.07) is 11.8. The number of ether oxygens (including phenoxy) is 1. The first kappa shape index (κ1) is 21.0. The number of amides is 1. The molecular weight excluding hydrogens is 384 g/mol. The summed E-state index contributed by atoms with van der Waals surface area (Å²) in [6.45, 7) is 7.05. The molecule has 3 aromatic rings.